The van der Waals surface area contributed by atoms with Crippen molar-refractivity contribution in [2.24, 2.45) is 5.92 Å². The Kier molecular flexibility index (Phi) is 8.28. The van der Waals surface area contributed by atoms with E-state index in [9.17, 15) is 9.59 Å². The number of fused-ring (bicyclic) bond motifs is 2. The summed E-state index contributed by atoms with van der Waals surface area (Å²) in [6, 6.07) is 5.11. The highest BCUT2D eigenvalue weighted by Gasteiger charge is 2.31. The molecule has 0 atom stereocenters. The third-order valence-electron chi connectivity index (χ3n) is 7.30. The van der Waals surface area contributed by atoms with Crippen LogP contribution in [0.4, 0.5) is 10.5 Å². The molecule has 2 aromatic heterocycles. The number of rotatable bonds is 6. The first kappa shape index (κ1) is 28.9. The van der Waals surface area contributed by atoms with Crippen LogP contribution in [0, 0.1) is 5.92 Å². The van der Waals surface area contributed by atoms with E-state index in [4.69, 9.17) is 25.8 Å². The van der Waals surface area contributed by atoms with Gasteiger partial charge in [-0.2, -0.15) is 5.10 Å². The normalized spacial score (nSPS) is 16.3. The van der Waals surface area contributed by atoms with Crippen LogP contribution in [0.1, 0.15) is 51.0 Å². The lowest BCUT2D eigenvalue weighted by Gasteiger charge is -2.32. The number of likely N-dealkylation sites (tertiary alicyclic amines) is 1. The smallest absolute Gasteiger partial charge is 0.415 e. The van der Waals surface area contributed by atoms with Crippen LogP contribution in [0.15, 0.2) is 24.4 Å². The second-order valence-electron chi connectivity index (χ2n) is 11.5. The highest BCUT2D eigenvalue weighted by Crippen LogP contribution is 2.41. The Hall–Kier alpha value is -3.57. The van der Waals surface area contributed by atoms with Gasteiger partial charge in [0, 0.05) is 37.5 Å². The van der Waals surface area contributed by atoms with E-state index in [1.54, 1.807) is 29.1 Å². The fourth-order valence-electron chi connectivity index (χ4n) is 5.10. The van der Waals surface area contributed by atoms with E-state index in [0.29, 0.717) is 46.9 Å². The Morgan fingerprint density at radius 3 is 2.61 bits per heavy atom. The minimum Gasteiger partial charge on any atom is -0.494 e. The molecule has 0 bridgehead atoms. The number of nitrogens with zero attached hydrogens (tertiary/aromatic N) is 5. The van der Waals surface area contributed by atoms with E-state index in [1.807, 2.05) is 20.8 Å². The van der Waals surface area contributed by atoms with Gasteiger partial charge in [-0.25, -0.2) is 14.5 Å². The van der Waals surface area contributed by atoms with E-state index in [-0.39, 0.29) is 23.4 Å². The lowest BCUT2D eigenvalue weighted by molar-refractivity contribution is 0.0567. The van der Waals surface area contributed by atoms with Crippen molar-refractivity contribution in [1.29, 1.82) is 0 Å². The second-order valence-corrected chi connectivity index (χ2v) is 11.9. The van der Waals surface area contributed by atoms with Crippen LogP contribution >= 0.6 is 11.6 Å². The summed E-state index contributed by atoms with van der Waals surface area (Å²) in [5.41, 5.74) is 1.20. The van der Waals surface area contributed by atoms with Crippen LogP contribution < -0.4 is 19.7 Å². The van der Waals surface area contributed by atoms with Crippen molar-refractivity contribution in [1.82, 2.24) is 25.0 Å². The number of ether oxygens (including phenoxy) is 3. The van der Waals surface area contributed by atoms with Crippen LogP contribution in [0.25, 0.3) is 16.6 Å². The van der Waals surface area contributed by atoms with Gasteiger partial charge in [-0.1, -0.05) is 18.5 Å². The molecule has 2 aliphatic heterocycles. The Bertz CT molecular complexity index is 1440. The van der Waals surface area contributed by atoms with Gasteiger partial charge in [0.15, 0.2) is 5.69 Å². The average Bonchev–Trinajstić information content (AvgIpc) is 3.30. The summed E-state index contributed by atoms with van der Waals surface area (Å²) < 4.78 is 18.9. The minimum absolute atomic E-state index is 0.229. The number of methoxy groups -OCH3 is 1. The van der Waals surface area contributed by atoms with E-state index < -0.39 is 11.7 Å². The SMILES string of the molecule is COc1cc2c(cc1-n1nc(C(=O)NCCN3CCC(C)CC3)c3cnc(Cl)cc31)OCCN2C(=O)OC(C)(C)C. The monoisotopic (exact) mass is 584 g/mol. The number of benzene rings is 1. The molecule has 0 aliphatic carbocycles. The van der Waals surface area contributed by atoms with Gasteiger partial charge < -0.3 is 24.4 Å². The molecule has 1 saturated heterocycles. The molecular formula is C29H37ClN6O5. The molecule has 0 spiro atoms. The number of anilines is 1. The average molecular weight is 585 g/mol. The number of nitrogens with one attached hydrogen (secondary N) is 1. The first-order chi connectivity index (χ1) is 19.5. The summed E-state index contributed by atoms with van der Waals surface area (Å²) in [4.78, 5) is 34.4. The number of piperidine rings is 1. The number of hydrogen-bond acceptors (Lipinski definition) is 8. The quantitative estimate of drug-likeness (QED) is 0.416. The summed E-state index contributed by atoms with van der Waals surface area (Å²) >= 11 is 6.27. The van der Waals surface area contributed by atoms with Crippen LogP contribution in [-0.2, 0) is 4.74 Å². The third kappa shape index (κ3) is 6.36. The van der Waals surface area contributed by atoms with E-state index in [2.05, 4.69) is 27.2 Å². The van der Waals surface area contributed by atoms with E-state index in [0.717, 1.165) is 25.6 Å². The van der Waals surface area contributed by atoms with Crippen LogP contribution in [0.5, 0.6) is 11.5 Å². The molecule has 41 heavy (non-hydrogen) atoms. The zero-order chi connectivity index (χ0) is 29.3. The fraction of sp³-hybridized carbons (Fsp3) is 0.517. The van der Waals surface area contributed by atoms with Crippen LogP contribution in [0.2, 0.25) is 5.15 Å². The molecule has 0 radical (unpaired) electrons. The summed E-state index contributed by atoms with van der Waals surface area (Å²) in [5, 5.41) is 8.51. The van der Waals surface area contributed by atoms with E-state index >= 15 is 0 Å². The molecule has 1 fully saturated rings. The molecule has 5 rings (SSSR count). The molecule has 1 N–H and O–H groups in total. The molecule has 3 aromatic rings. The van der Waals surface area contributed by atoms with Crippen molar-refractivity contribution < 1.29 is 23.8 Å². The third-order valence-corrected chi connectivity index (χ3v) is 7.51. The molecule has 2 aliphatic rings. The van der Waals surface area contributed by atoms with Gasteiger partial charge in [-0.3, -0.25) is 9.69 Å². The Morgan fingerprint density at radius 1 is 1.15 bits per heavy atom. The minimum atomic E-state index is -0.649. The molecule has 1 aromatic carbocycles. The molecule has 2 amide bonds. The molecule has 0 unspecified atom stereocenters. The lowest BCUT2D eigenvalue weighted by atomic mass is 9.99. The molecular weight excluding hydrogens is 548 g/mol. The van der Waals surface area contributed by atoms with Gasteiger partial charge in [0.05, 0.1) is 30.2 Å². The van der Waals surface area contributed by atoms with Crippen molar-refractivity contribution in [2.45, 2.75) is 46.1 Å². The topological polar surface area (TPSA) is 111 Å². The first-order valence-electron chi connectivity index (χ1n) is 13.9. The number of amides is 2. The number of carbonyl (C=O) groups is 2. The Balaban J connectivity index is 1.46. The van der Waals surface area contributed by atoms with Gasteiger partial charge in [0.1, 0.15) is 34.5 Å². The van der Waals surface area contributed by atoms with Crippen LogP contribution in [0.3, 0.4) is 0 Å². The highest BCUT2D eigenvalue weighted by molar-refractivity contribution is 6.30. The van der Waals surface area contributed by atoms with Gasteiger partial charge >= 0.3 is 6.09 Å². The maximum atomic E-state index is 13.3. The number of aromatic nitrogens is 3. The summed E-state index contributed by atoms with van der Waals surface area (Å²) in [5.74, 6) is 1.34. The van der Waals surface area contributed by atoms with Crippen molar-refractivity contribution in [3.05, 3.63) is 35.2 Å². The van der Waals surface area contributed by atoms with Crippen molar-refractivity contribution in [3.63, 3.8) is 0 Å². The zero-order valence-electron chi connectivity index (χ0n) is 24.2. The van der Waals surface area contributed by atoms with Crippen LogP contribution in [-0.4, -0.2) is 83.7 Å². The Labute approximate surface area is 244 Å². The second kappa shape index (κ2) is 11.7. The maximum Gasteiger partial charge on any atom is 0.415 e. The number of pyridine rings is 1. The summed E-state index contributed by atoms with van der Waals surface area (Å²) in [6.45, 7) is 11.7. The largest absolute Gasteiger partial charge is 0.494 e. The standard InChI is InChI=1S/C29H37ClN6O5/c1-18-6-9-34(10-7-18)11-8-31-27(37)26-19-17-32-25(30)16-20(19)36(33-26)22-15-24-21(14-23(22)39-5)35(12-13-40-24)28(38)41-29(2,3)4/h14-18H,6-13H2,1-5H3,(H,31,37). The molecule has 4 heterocycles. The number of hydrogen-bond donors (Lipinski definition) is 1. The van der Waals surface area contributed by atoms with Crippen molar-refractivity contribution in [3.8, 4) is 17.2 Å². The van der Waals surface area contributed by atoms with Gasteiger partial charge in [-0.05, 0) is 52.6 Å². The van der Waals surface area contributed by atoms with Crippen molar-refractivity contribution in [2.75, 3.05) is 51.3 Å². The van der Waals surface area contributed by atoms with Gasteiger partial charge in [0.2, 0.25) is 0 Å². The van der Waals surface area contributed by atoms with Gasteiger partial charge in [-0.15, -0.1) is 0 Å². The first-order valence-corrected chi connectivity index (χ1v) is 14.3. The molecule has 11 nitrogen and oxygen atoms in total. The fourth-order valence-corrected chi connectivity index (χ4v) is 5.25. The molecule has 12 heteroatoms. The Morgan fingerprint density at radius 2 is 1.90 bits per heavy atom. The zero-order valence-corrected chi connectivity index (χ0v) is 25.0. The molecule has 0 saturated carbocycles. The summed E-state index contributed by atoms with van der Waals surface area (Å²) in [6.07, 6.45) is 3.43. The molecule has 220 valence electrons. The number of halogens is 1. The predicted octanol–water partition coefficient (Wildman–Crippen LogP) is 4.68. The van der Waals surface area contributed by atoms with E-state index in [1.165, 1.54) is 24.9 Å². The predicted molar refractivity (Wildman–Crippen MR) is 157 cm³/mol. The van der Waals surface area contributed by atoms with Gasteiger partial charge in [0.25, 0.3) is 5.91 Å². The number of carbonyl (C=O) groups excluding carboxylic acids is 2. The highest BCUT2D eigenvalue weighted by atomic mass is 35.5. The summed E-state index contributed by atoms with van der Waals surface area (Å²) in [7, 11) is 1.53. The maximum absolute atomic E-state index is 13.3. The van der Waals surface area contributed by atoms with Crippen molar-refractivity contribution >= 4 is 40.2 Å². The lowest BCUT2D eigenvalue weighted by Crippen LogP contribution is -2.41.